The van der Waals surface area contributed by atoms with Gasteiger partial charge in [-0.2, -0.15) is 0 Å². The summed E-state index contributed by atoms with van der Waals surface area (Å²) in [5.41, 5.74) is 0. The first-order valence-corrected chi connectivity index (χ1v) is 3.65. The molecule has 0 spiro atoms. The monoisotopic (exact) mass is 387 g/mol. The topological polar surface area (TPSA) is 228 Å². The largest absolute Gasteiger partial charge is 2.00 e. The molecule has 0 aromatic carbocycles. The Balaban J connectivity index is -0.00000000425. The number of hydrogen-bond donors (Lipinski definition) is 8. The van der Waals surface area contributed by atoms with Crippen LogP contribution in [0.1, 0.15) is 8.56 Å². The average Bonchev–Trinajstić information content (AvgIpc) is 1.50. The molecule has 10 N–H and O–H groups in total. The van der Waals surface area contributed by atoms with E-state index in [1.54, 1.807) is 0 Å². The van der Waals surface area contributed by atoms with Crippen molar-refractivity contribution in [2.45, 2.75) is 0 Å². The van der Waals surface area contributed by atoms with Crippen molar-refractivity contribution in [1.29, 1.82) is 0 Å². The fraction of sp³-hybridized carbons (Fsp3) is 0. The van der Waals surface area contributed by atoms with Gasteiger partial charge >= 0.3 is 184 Å². The summed E-state index contributed by atoms with van der Waals surface area (Å²) < 4.78 is 8.88. The summed E-state index contributed by atoms with van der Waals surface area (Å²) in [5.74, 6) is 0. The fourth-order valence-corrected chi connectivity index (χ4v) is 0. The number of carboxylic acid groups (broad SMARTS) is 4. The molecule has 18 heavy (non-hydrogen) atoms. The van der Waals surface area contributed by atoms with Crippen LogP contribution >= 0.6 is 7.82 Å². The number of phosphoric acid groups is 1. The van der Waals surface area contributed by atoms with Gasteiger partial charge in [0.25, 0.3) is 0 Å². The van der Waals surface area contributed by atoms with E-state index in [1.807, 2.05) is 0 Å². The Kier molecular flexibility index (Phi) is 90.1. The molecule has 0 fully saturated rings. The molecule has 0 radical (unpaired) electrons. The number of hydrogen-bond acceptors (Lipinski definition) is 4. The molecular formula is C2H16CaK2MgNO10P. The molecule has 11 nitrogen and oxygen atoms in total. The second-order valence-electron chi connectivity index (χ2n) is 1.08. The van der Waals surface area contributed by atoms with Gasteiger partial charge in [-0.1, -0.05) is 0 Å². The van der Waals surface area contributed by atoms with Crippen molar-refractivity contribution in [3.8, 4) is 0 Å². The molecule has 0 atom stereocenters. The first kappa shape index (κ1) is 49.5. The van der Waals surface area contributed by atoms with Crippen molar-refractivity contribution >= 4 is 80.9 Å². The Morgan fingerprint density at radius 3 is 0.833 bits per heavy atom. The van der Waals surface area contributed by atoms with Gasteiger partial charge in [-0.3, -0.25) is 0 Å². The smallest absolute Gasteiger partial charge is 1.00 e. The van der Waals surface area contributed by atoms with Crippen LogP contribution in [0.25, 0.3) is 0 Å². The molecule has 0 amide bonds. The van der Waals surface area contributed by atoms with Crippen LogP contribution in [-0.2, 0) is 4.57 Å². The first-order chi connectivity index (χ1) is 5.46. The van der Waals surface area contributed by atoms with E-state index >= 15 is 0 Å². The Morgan fingerprint density at radius 2 is 0.833 bits per heavy atom. The molecule has 0 aromatic rings. The van der Waals surface area contributed by atoms with Gasteiger partial charge in [-0.15, -0.1) is 0 Å². The molecule has 0 aliphatic rings. The van der Waals surface area contributed by atoms with Crippen molar-refractivity contribution in [3.05, 3.63) is 0 Å². The van der Waals surface area contributed by atoms with E-state index in [2.05, 4.69) is 0 Å². The van der Waals surface area contributed by atoms with Crippen LogP contribution < -0.4 is 109 Å². The van der Waals surface area contributed by atoms with Crippen LogP contribution in [0.5, 0.6) is 0 Å². The van der Waals surface area contributed by atoms with Gasteiger partial charge in [-0.05, 0) is 0 Å². The molecule has 0 aliphatic carbocycles. The van der Waals surface area contributed by atoms with Crippen molar-refractivity contribution in [2.24, 2.45) is 0 Å². The van der Waals surface area contributed by atoms with Crippen LogP contribution in [0, 0.1) is 0 Å². The van der Waals surface area contributed by atoms with E-state index < -0.39 is 20.1 Å². The maximum absolute atomic E-state index is 8.88. The molecule has 0 aliphatic heterocycles. The van der Waals surface area contributed by atoms with Crippen LogP contribution in [0.4, 0.5) is 9.59 Å². The summed E-state index contributed by atoms with van der Waals surface area (Å²) in [6.07, 6.45) is -3.67. The zero-order chi connectivity index (χ0) is 11.7. The zero-order valence-corrected chi connectivity index (χ0v) is 20.7. The molecule has 0 aromatic heterocycles. The molecule has 0 bridgehead atoms. The SMILES string of the molecule is N.O=C(O)O.O=C(O)O.O=P(O)(O)O.[Ca+2].[H-].[H-].[H-].[H-].[H-].[H-].[K+].[K+].[Mg+2]. The normalized spacial score (nSPS) is 5.94. The van der Waals surface area contributed by atoms with E-state index in [1.165, 1.54) is 0 Å². The van der Waals surface area contributed by atoms with Crippen LogP contribution in [0.2, 0.25) is 0 Å². The molecule has 0 heterocycles. The summed E-state index contributed by atoms with van der Waals surface area (Å²) in [6, 6.07) is 0. The third-order valence-corrected chi connectivity index (χ3v) is 0. The maximum Gasteiger partial charge on any atom is 2.00 e. The van der Waals surface area contributed by atoms with Gasteiger partial charge in [-0.25, -0.2) is 14.2 Å². The minimum absolute atomic E-state index is 0. The summed E-state index contributed by atoms with van der Waals surface area (Å²) >= 11 is 0. The minimum atomic E-state index is -4.64. The van der Waals surface area contributed by atoms with Gasteiger partial charge in [0.2, 0.25) is 0 Å². The molecule has 0 rings (SSSR count). The van der Waals surface area contributed by atoms with Crippen molar-refractivity contribution in [3.63, 3.8) is 0 Å². The van der Waals surface area contributed by atoms with Gasteiger partial charge in [0.1, 0.15) is 0 Å². The van der Waals surface area contributed by atoms with Crippen LogP contribution in [-0.4, -0.2) is 108 Å². The first-order valence-electron chi connectivity index (χ1n) is 2.09. The van der Waals surface area contributed by atoms with Crippen molar-refractivity contribution < 1.29 is 161 Å². The standard InChI is InChI=1S/2CH2O3.Ca.2K.Mg.H3N.H3O4P.6H/c2*2-1(3)4;;;;;;1-5(2,3)4;;;;;;/h2*(H2,2,3,4);;;;;1H3;(H3,1,2,3,4);;;;;;/q;;+2;2*+1;+2;;;6*-1. The van der Waals surface area contributed by atoms with E-state index in [9.17, 15) is 0 Å². The minimum Gasteiger partial charge on any atom is -1.00 e. The Morgan fingerprint density at radius 1 is 0.833 bits per heavy atom. The van der Waals surface area contributed by atoms with Crippen LogP contribution in [0.15, 0.2) is 0 Å². The van der Waals surface area contributed by atoms with E-state index in [-0.39, 0.29) is 178 Å². The van der Waals surface area contributed by atoms with Gasteiger partial charge in [0, 0.05) is 0 Å². The summed E-state index contributed by atoms with van der Waals surface area (Å²) in [5, 5.41) is 27.9. The Labute approximate surface area is 242 Å². The predicted molar refractivity (Wildman–Crippen MR) is 58.8 cm³/mol. The van der Waals surface area contributed by atoms with Gasteiger partial charge in [0.15, 0.2) is 0 Å². The fourth-order valence-electron chi connectivity index (χ4n) is 0. The third kappa shape index (κ3) is 466. The Bertz CT molecular complexity index is 205. The number of rotatable bonds is 0. The Hall–Kier alpha value is 3.91. The van der Waals surface area contributed by atoms with Gasteiger partial charge < -0.3 is 49.8 Å². The quantitative estimate of drug-likeness (QED) is 0.144. The third-order valence-electron chi connectivity index (χ3n) is 0. The molecular weight excluding hydrogens is 372 g/mol. The molecule has 0 saturated heterocycles. The molecule has 16 heteroatoms. The summed E-state index contributed by atoms with van der Waals surface area (Å²) in [7, 11) is -4.64. The molecule has 0 saturated carbocycles. The second-order valence-corrected chi connectivity index (χ2v) is 2.10. The van der Waals surface area contributed by atoms with E-state index in [0.29, 0.717) is 0 Å². The maximum atomic E-state index is 8.88. The van der Waals surface area contributed by atoms with E-state index in [0.717, 1.165) is 0 Å². The van der Waals surface area contributed by atoms with Gasteiger partial charge in [0.05, 0.1) is 0 Å². The average molecular weight is 388 g/mol. The summed E-state index contributed by atoms with van der Waals surface area (Å²) in [4.78, 5) is 38.7. The molecule has 100 valence electrons. The second kappa shape index (κ2) is 32.7. The molecule has 0 unspecified atom stereocenters. The van der Waals surface area contributed by atoms with Crippen molar-refractivity contribution in [1.82, 2.24) is 6.15 Å². The van der Waals surface area contributed by atoms with E-state index in [4.69, 9.17) is 49.3 Å². The number of carbonyl (C=O) groups is 2. The zero-order valence-electron chi connectivity index (χ0n) is 15.9. The predicted octanol–water partition coefficient (Wildman–Crippen LogP) is -6.40. The van der Waals surface area contributed by atoms with Crippen LogP contribution in [0.3, 0.4) is 0 Å². The summed E-state index contributed by atoms with van der Waals surface area (Å²) in [6.45, 7) is 0. The van der Waals surface area contributed by atoms with Crippen molar-refractivity contribution in [2.75, 3.05) is 0 Å².